The Kier molecular flexibility index (Phi) is 4.88. The number of anilines is 3. The van der Waals surface area contributed by atoms with Crippen molar-refractivity contribution in [3.8, 4) is 0 Å². The number of hydrogen-bond acceptors (Lipinski definition) is 4. The molecule has 0 spiro atoms. The summed E-state index contributed by atoms with van der Waals surface area (Å²) in [6.45, 7) is 3.90. The highest BCUT2D eigenvalue weighted by Crippen LogP contribution is 2.17. The molecule has 2 N–H and O–H groups in total. The van der Waals surface area contributed by atoms with Crippen molar-refractivity contribution >= 4 is 23.2 Å². The molecule has 7 heteroatoms. The monoisotopic (exact) mass is 354 g/mol. The van der Waals surface area contributed by atoms with Crippen LogP contribution < -0.4 is 10.6 Å². The van der Waals surface area contributed by atoms with E-state index in [2.05, 4.69) is 20.6 Å². The summed E-state index contributed by atoms with van der Waals surface area (Å²) in [4.78, 5) is 20.3. The summed E-state index contributed by atoms with van der Waals surface area (Å²) in [6.07, 6.45) is 2.71. The number of aromatic nitrogens is 2. The van der Waals surface area contributed by atoms with Crippen molar-refractivity contribution in [2.45, 2.75) is 13.8 Å². The number of nitrogens with one attached hydrogen (secondary N) is 2. The van der Waals surface area contributed by atoms with Gasteiger partial charge in [-0.2, -0.15) is 0 Å². The van der Waals surface area contributed by atoms with Crippen LogP contribution in [-0.2, 0) is 0 Å². The van der Waals surface area contributed by atoms with Crippen molar-refractivity contribution in [1.82, 2.24) is 9.97 Å². The normalized spacial score (nSPS) is 10.5. The van der Waals surface area contributed by atoms with Gasteiger partial charge in [-0.1, -0.05) is 6.07 Å². The zero-order chi connectivity index (χ0) is 18.7. The molecule has 2 aromatic carbocycles. The molecule has 5 nitrogen and oxygen atoms in total. The molecular formula is C19H16F2N4O. The van der Waals surface area contributed by atoms with Gasteiger partial charge in [0.1, 0.15) is 0 Å². The molecule has 0 aliphatic heterocycles. The first kappa shape index (κ1) is 17.5. The van der Waals surface area contributed by atoms with Crippen LogP contribution in [0.4, 0.5) is 26.1 Å². The topological polar surface area (TPSA) is 66.9 Å². The van der Waals surface area contributed by atoms with Crippen molar-refractivity contribution in [3.63, 3.8) is 0 Å². The van der Waals surface area contributed by atoms with Gasteiger partial charge in [-0.3, -0.25) is 4.79 Å². The Labute approximate surface area is 149 Å². The molecule has 0 unspecified atom stereocenters. The van der Waals surface area contributed by atoms with Crippen LogP contribution in [0, 0.1) is 25.5 Å². The average molecular weight is 354 g/mol. The van der Waals surface area contributed by atoms with Gasteiger partial charge in [0.15, 0.2) is 11.6 Å². The van der Waals surface area contributed by atoms with E-state index in [-0.39, 0.29) is 17.4 Å². The summed E-state index contributed by atoms with van der Waals surface area (Å²) in [6, 6.07) is 9.11. The molecule has 1 heterocycles. The summed E-state index contributed by atoms with van der Waals surface area (Å²) in [5, 5.41) is 5.53. The Morgan fingerprint density at radius 1 is 0.885 bits per heavy atom. The van der Waals surface area contributed by atoms with Crippen molar-refractivity contribution in [2.75, 3.05) is 10.6 Å². The highest BCUT2D eigenvalue weighted by Gasteiger charge is 2.09. The maximum atomic E-state index is 13.2. The third kappa shape index (κ3) is 4.18. The second-order valence-electron chi connectivity index (χ2n) is 5.88. The van der Waals surface area contributed by atoms with Crippen molar-refractivity contribution in [1.29, 1.82) is 0 Å². The van der Waals surface area contributed by atoms with Gasteiger partial charge in [0.2, 0.25) is 5.95 Å². The van der Waals surface area contributed by atoms with E-state index in [9.17, 15) is 13.6 Å². The Hall–Kier alpha value is -3.35. The van der Waals surface area contributed by atoms with E-state index in [1.54, 1.807) is 0 Å². The zero-order valence-electron chi connectivity index (χ0n) is 14.2. The lowest BCUT2D eigenvalue weighted by atomic mass is 10.1. The Balaban J connectivity index is 1.70. The lowest BCUT2D eigenvalue weighted by Gasteiger charge is -2.08. The maximum Gasteiger partial charge on any atom is 0.258 e. The van der Waals surface area contributed by atoms with Gasteiger partial charge in [-0.05, 0) is 49.2 Å². The predicted octanol–water partition coefficient (Wildman–Crippen LogP) is 4.37. The first-order valence-corrected chi connectivity index (χ1v) is 7.84. The molecule has 3 aromatic rings. The molecule has 132 valence electrons. The number of hydrogen-bond donors (Lipinski definition) is 2. The van der Waals surface area contributed by atoms with E-state index in [1.165, 1.54) is 18.5 Å². The Morgan fingerprint density at radius 3 is 2.15 bits per heavy atom. The number of carbonyl (C=O) groups excluding carboxylic acids is 1. The van der Waals surface area contributed by atoms with Gasteiger partial charge in [0.25, 0.3) is 5.91 Å². The predicted molar refractivity (Wildman–Crippen MR) is 95.5 cm³/mol. The third-order valence-corrected chi connectivity index (χ3v) is 3.57. The molecule has 0 saturated carbocycles. The Morgan fingerprint density at radius 2 is 1.54 bits per heavy atom. The fourth-order valence-corrected chi connectivity index (χ4v) is 2.46. The van der Waals surface area contributed by atoms with Gasteiger partial charge in [0.05, 0.1) is 5.56 Å². The van der Waals surface area contributed by atoms with Gasteiger partial charge >= 0.3 is 0 Å². The van der Waals surface area contributed by atoms with E-state index in [1.807, 2.05) is 32.0 Å². The van der Waals surface area contributed by atoms with Gasteiger partial charge in [0, 0.05) is 29.8 Å². The molecule has 0 aliphatic rings. The van der Waals surface area contributed by atoms with Crippen molar-refractivity contribution in [3.05, 3.63) is 77.1 Å². The number of halogens is 2. The standard InChI is InChI=1S/C19H16F2N4O/c1-11-5-12(2)7-15(6-11)24-18(26)13-9-22-19(23-10-13)25-14-3-4-16(20)17(21)8-14/h3-10H,1-2H3,(H,24,26)(H,22,23,25). The molecule has 26 heavy (non-hydrogen) atoms. The number of rotatable bonds is 4. The summed E-state index contributed by atoms with van der Waals surface area (Å²) < 4.78 is 26.1. The SMILES string of the molecule is Cc1cc(C)cc(NC(=O)c2cnc(Nc3ccc(F)c(F)c3)nc2)c1. The van der Waals surface area contributed by atoms with Gasteiger partial charge in [-0.25, -0.2) is 18.7 Å². The Bertz CT molecular complexity index is 938. The number of benzene rings is 2. The number of nitrogens with zero attached hydrogens (tertiary/aromatic N) is 2. The number of aryl methyl sites for hydroxylation is 2. The van der Waals surface area contributed by atoms with E-state index < -0.39 is 11.6 Å². The molecule has 0 radical (unpaired) electrons. The fourth-order valence-electron chi connectivity index (χ4n) is 2.46. The quantitative estimate of drug-likeness (QED) is 0.730. The summed E-state index contributed by atoms with van der Waals surface area (Å²) in [5.41, 5.74) is 3.36. The molecule has 0 bridgehead atoms. The maximum absolute atomic E-state index is 13.2. The molecule has 0 atom stereocenters. The highest BCUT2D eigenvalue weighted by molar-refractivity contribution is 6.04. The fraction of sp³-hybridized carbons (Fsp3) is 0.105. The number of amides is 1. The first-order chi connectivity index (χ1) is 12.4. The largest absolute Gasteiger partial charge is 0.324 e. The number of carbonyl (C=O) groups is 1. The third-order valence-electron chi connectivity index (χ3n) is 3.57. The van der Waals surface area contributed by atoms with Crippen LogP contribution in [0.25, 0.3) is 0 Å². The minimum atomic E-state index is -0.973. The minimum absolute atomic E-state index is 0.166. The summed E-state index contributed by atoms with van der Waals surface area (Å²) in [5.74, 6) is -2.08. The molecule has 1 aromatic heterocycles. The van der Waals surface area contributed by atoms with Crippen molar-refractivity contribution < 1.29 is 13.6 Å². The van der Waals surface area contributed by atoms with Crippen LogP contribution in [0.5, 0.6) is 0 Å². The van der Waals surface area contributed by atoms with Gasteiger partial charge in [-0.15, -0.1) is 0 Å². The average Bonchev–Trinajstić information content (AvgIpc) is 2.58. The molecule has 0 aliphatic carbocycles. The molecule has 0 saturated heterocycles. The highest BCUT2D eigenvalue weighted by atomic mass is 19.2. The zero-order valence-corrected chi connectivity index (χ0v) is 14.2. The van der Waals surface area contributed by atoms with Crippen LogP contribution in [-0.4, -0.2) is 15.9 Å². The minimum Gasteiger partial charge on any atom is -0.324 e. The smallest absolute Gasteiger partial charge is 0.258 e. The molecular weight excluding hydrogens is 338 g/mol. The van der Waals surface area contributed by atoms with Crippen LogP contribution in [0.3, 0.4) is 0 Å². The summed E-state index contributed by atoms with van der Waals surface area (Å²) >= 11 is 0. The van der Waals surface area contributed by atoms with Crippen LogP contribution in [0.1, 0.15) is 21.5 Å². The lowest BCUT2D eigenvalue weighted by Crippen LogP contribution is -2.13. The van der Waals surface area contributed by atoms with E-state index >= 15 is 0 Å². The lowest BCUT2D eigenvalue weighted by molar-refractivity contribution is 0.102. The first-order valence-electron chi connectivity index (χ1n) is 7.84. The van der Waals surface area contributed by atoms with E-state index in [0.717, 1.165) is 23.3 Å². The summed E-state index contributed by atoms with van der Waals surface area (Å²) in [7, 11) is 0. The van der Waals surface area contributed by atoms with Crippen molar-refractivity contribution in [2.24, 2.45) is 0 Å². The molecule has 1 amide bonds. The molecule has 3 rings (SSSR count). The van der Waals surface area contributed by atoms with E-state index in [4.69, 9.17) is 0 Å². The second kappa shape index (κ2) is 7.26. The molecule has 0 fully saturated rings. The van der Waals surface area contributed by atoms with E-state index in [0.29, 0.717) is 11.4 Å². The van der Waals surface area contributed by atoms with Gasteiger partial charge < -0.3 is 10.6 Å². The van der Waals surface area contributed by atoms with Crippen LogP contribution in [0.15, 0.2) is 48.8 Å². The second-order valence-corrected chi connectivity index (χ2v) is 5.88. The van der Waals surface area contributed by atoms with Crippen LogP contribution in [0.2, 0.25) is 0 Å². The van der Waals surface area contributed by atoms with Crippen LogP contribution >= 0.6 is 0 Å².